The Kier molecular flexibility index (Phi) is 60.7. The van der Waals surface area contributed by atoms with Crippen molar-refractivity contribution < 1.29 is 50.8 Å². The van der Waals surface area contributed by atoms with Gasteiger partial charge >= 0.3 is 5.97 Å². The maximum absolute atomic E-state index is 9.60. The zero-order chi connectivity index (χ0) is 24.5. The molecule has 0 unspecified atom stereocenters. The summed E-state index contributed by atoms with van der Waals surface area (Å²) in [6.45, 7) is 6.16. The summed E-state index contributed by atoms with van der Waals surface area (Å²) in [6.07, 6.45) is 5.75. The molecule has 0 aliphatic rings. The number of carboxylic acids is 1. The van der Waals surface area contributed by atoms with Crippen molar-refractivity contribution in [2.45, 2.75) is 58.3 Å². The second kappa shape index (κ2) is 46.2. The molecule has 0 bridgehead atoms. The Morgan fingerprint density at radius 3 is 0.633 bits per heavy atom. The third kappa shape index (κ3) is 81.3. The number of aliphatic hydroxyl groups is 8. The van der Waals surface area contributed by atoms with Crippen LogP contribution in [0, 0.1) is 0 Å². The molecule has 0 rings (SSSR count). The van der Waals surface area contributed by atoms with E-state index in [0.717, 1.165) is 51.4 Å². The molecule has 0 aromatic heterocycles. The molecule has 0 heterocycles. The molecule has 10 heteroatoms. The SMILES string of the molecule is C=C(C)C(=O)O.OCCCCO.OCCCCO.OCCCCO.OCCCCO. The Morgan fingerprint density at radius 1 is 0.500 bits per heavy atom. The Morgan fingerprint density at radius 2 is 0.600 bits per heavy atom. The van der Waals surface area contributed by atoms with Crippen LogP contribution >= 0.6 is 0 Å². The topological polar surface area (TPSA) is 199 Å². The molecule has 30 heavy (non-hydrogen) atoms. The van der Waals surface area contributed by atoms with Gasteiger partial charge in [0.15, 0.2) is 0 Å². The van der Waals surface area contributed by atoms with Crippen LogP contribution in [0.4, 0.5) is 0 Å². The van der Waals surface area contributed by atoms with E-state index < -0.39 is 5.97 Å². The number of rotatable bonds is 13. The van der Waals surface area contributed by atoms with E-state index in [2.05, 4.69) is 6.58 Å². The van der Waals surface area contributed by atoms with Gasteiger partial charge in [-0.1, -0.05) is 6.58 Å². The highest BCUT2D eigenvalue weighted by atomic mass is 16.4. The molecule has 0 amide bonds. The predicted octanol–water partition coefficient (Wildman–Crippen LogP) is -0.348. The van der Waals surface area contributed by atoms with Gasteiger partial charge < -0.3 is 46.0 Å². The van der Waals surface area contributed by atoms with Gasteiger partial charge in [-0.2, -0.15) is 0 Å². The third-order valence-corrected chi connectivity index (χ3v) is 2.63. The molecular formula is C20H46O10. The minimum Gasteiger partial charge on any atom is -0.478 e. The lowest BCUT2D eigenvalue weighted by atomic mass is 10.3. The van der Waals surface area contributed by atoms with E-state index in [1.54, 1.807) is 0 Å². The van der Waals surface area contributed by atoms with Crippen molar-refractivity contribution in [2.75, 3.05) is 52.9 Å². The van der Waals surface area contributed by atoms with E-state index >= 15 is 0 Å². The van der Waals surface area contributed by atoms with Gasteiger partial charge in [-0.05, 0) is 58.3 Å². The average molecular weight is 447 g/mol. The van der Waals surface area contributed by atoms with E-state index in [4.69, 9.17) is 46.0 Å². The molecule has 9 N–H and O–H groups in total. The van der Waals surface area contributed by atoms with Gasteiger partial charge in [0.1, 0.15) is 0 Å². The first-order chi connectivity index (χ1) is 14.3. The number of carboxylic acid groups (broad SMARTS) is 1. The van der Waals surface area contributed by atoms with Crippen LogP contribution in [0.5, 0.6) is 0 Å². The highest BCUT2D eigenvalue weighted by Crippen LogP contribution is 1.82. The zero-order valence-corrected chi connectivity index (χ0v) is 18.5. The first-order valence-corrected chi connectivity index (χ1v) is 10.1. The summed E-state index contributed by atoms with van der Waals surface area (Å²) >= 11 is 0. The van der Waals surface area contributed by atoms with Crippen LogP contribution < -0.4 is 0 Å². The summed E-state index contributed by atoms with van der Waals surface area (Å²) in [6, 6.07) is 0. The molecule has 0 aromatic rings. The molecule has 0 saturated carbocycles. The maximum atomic E-state index is 9.60. The Hall–Kier alpha value is -1.11. The quantitative estimate of drug-likeness (QED) is 0.133. The lowest BCUT2D eigenvalue weighted by Gasteiger charge is -1.85. The van der Waals surface area contributed by atoms with Gasteiger partial charge in [0.05, 0.1) is 0 Å². The second-order valence-electron chi connectivity index (χ2n) is 5.70. The number of aliphatic carboxylic acids is 1. The van der Waals surface area contributed by atoms with Gasteiger partial charge in [-0.15, -0.1) is 0 Å². The van der Waals surface area contributed by atoms with Crippen molar-refractivity contribution in [2.24, 2.45) is 0 Å². The summed E-state index contributed by atoms with van der Waals surface area (Å²) in [5.41, 5.74) is 0.176. The van der Waals surface area contributed by atoms with Gasteiger partial charge in [0.25, 0.3) is 0 Å². The minimum atomic E-state index is -0.935. The summed E-state index contributed by atoms with van der Waals surface area (Å²) in [7, 11) is 0. The highest BCUT2D eigenvalue weighted by molar-refractivity contribution is 5.84. The molecule has 10 nitrogen and oxygen atoms in total. The third-order valence-electron chi connectivity index (χ3n) is 2.63. The molecule has 0 spiro atoms. The standard InChI is InChI=1S/C4H6O2.4C4H10O2/c1-3(2)4(5)6;4*5-3-1-2-4-6/h1H2,2H3,(H,5,6);4*5-6H,1-4H2. The monoisotopic (exact) mass is 446 g/mol. The van der Waals surface area contributed by atoms with E-state index in [1.165, 1.54) is 6.92 Å². The normalized spacial score (nSPS) is 8.70. The first kappa shape index (κ1) is 39.4. The van der Waals surface area contributed by atoms with E-state index in [-0.39, 0.29) is 58.4 Å². The maximum Gasteiger partial charge on any atom is 0.330 e. The van der Waals surface area contributed by atoms with Crippen molar-refractivity contribution in [3.05, 3.63) is 12.2 Å². The van der Waals surface area contributed by atoms with E-state index in [9.17, 15) is 4.79 Å². The van der Waals surface area contributed by atoms with Crippen LogP contribution in [0.2, 0.25) is 0 Å². The highest BCUT2D eigenvalue weighted by Gasteiger charge is 1.90. The summed E-state index contributed by atoms with van der Waals surface area (Å²) in [5.74, 6) is -0.935. The zero-order valence-electron chi connectivity index (χ0n) is 18.5. The van der Waals surface area contributed by atoms with Gasteiger partial charge in [0, 0.05) is 58.4 Å². The molecular weight excluding hydrogens is 400 g/mol. The molecule has 186 valence electrons. The number of hydrogen-bond acceptors (Lipinski definition) is 9. The predicted molar refractivity (Wildman–Crippen MR) is 116 cm³/mol. The molecule has 0 radical (unpaired) electrons. The first-order valence-electron chi connectivity index (χ1n) is 10.1. The minimum absolute atomic E-state index is 0.176. The Labute approximate surface area is 180 Å². The number of hydrogen-bond donors (Lipinski definition) is 9. The largest absolute Gasteiger partial charge is 0.478 e. The van der Waals surface area contributed by atoms with Gasteiger partial charge in [0.2, 0.25) is 0 Å². The van der Waals surface area contributed by atoms with Crippen LogP contribution in [0.1, 0.15) is 58.3 Å². The fourth-order valence-corrected chi connectivity index (χ4v) is 0.894. The second-order valence-corrected chi connectivity index (χ2v) is 5.70. The van der Waals surface area contributed by atoms with Gasteiger partial charge in [-0.25, -0.2) is 4.79 Å². The van der Waals surface area contributed by atoms with Crippen LogP contribution in [-0.2, 0) is 4.79 Å². The molecule has 0 saturated heterocycles. The van der Waals surface area contributed by atoms with Crippen molar-refractivity contribution in [1.29, 1.82) is 0 Å². The molecule has 0 aliphatic carbocycles. The molecule has 0 fully saturated rings. The van der Waals surface area contributed by atoms with Crippen molar-refractivity contribution >= 4 is 5.97 Å². The van der Waals surface area contributed by atoms with E-state index in [0.29, 0.717) is 0 Å². The number of unbranched alkanes of at least 4 members (excludes halogenated alkanes) is 4. The van der Waals surface area contributed by atoms with Crippen molar-refractivity contribution in [1.82, 2.24) is 0 Å². The molecule has 0 aliphatic heterocycles. The van der Waals surface area contributed by atoms with Crippen LogP contribution in [0.15, 0.2) is 12.2 Å². The van der Waals surface area contributed by atoms with Gasteiger partial charge in [-0.3, -0.25) is 0 Å². The van der Waals surface area contributed by atoms with E-state index in [1.807, 2.05) is 0 Å². The smallest absolute Gasteiger partial charge is 0.330 e. The van der Waals surface area contributed by atoms with Crippen LogP contribution in [-0.4, -0.2) is 105 Å². The average Bonchev–Trinajstić information content (AvgIpc) is 2.75. The van der Waals surface area contributed by atoms with Crippen molar-refractivity contribution in [3.63, 3.8) is 0 Å². The summed E-state index contributed by atoms with van der Waals surface area (Å²) in [5, 5.41) is 72.6. The number of carbonyl (C=O) groups is 1. The van der Waals surface area contributed by atoms with Crippen LogP contribution in [0.25, 0.3) is 0 Å². The lowest BCUT2D eigenvalue weighted by molar-refractivity contribution is -0.132. The van der Waals surface area contributed by atoms with Crippen molar-refractivity contribution in [3.8, 4) is 0 Å². The number of aliphatic hydroxyl groups excluding tert-OH is 8. The lowest BCUT2D eigenvalue weighted by Crippen LogP contribution is -1.92. The fourth-order valence-electron chi connectivity index (χ4n) is 0.894. The Bertz CT molecular complexity index is 229. The summed E-state index contributed by atoms with van der Waals surface area (Å²) < 4.78 is 0. The summed E-state index contributed by atoms with van der Waals surface area (Å²) in [4.78, 5) is 9.60. The fraction of sp³-hybridized carbons (Fsp3) is 0.850. The molecule has 0 aromatic carbocycles. The molecule has 0 atom stereocenters. The van der Waals surface area contributed by atoms with Crippen LogP contribution in [0.3, 0.4) is 0 Å². The Balaban J connectivity index is -0.0000000868.